The van der Waals surface area contributed by atoms with Gasteiger partial charge in [-0.05, 0) is 19.8 Å². The predicted molar refractivity (Wildman–Crippen MR) is 43.4 cm³/mol. The summed E-state index contributed by atoms with van der Waals surface area (Å²) in [5.41, 5.74) is 0. The lowest BCUT2D eigenvalue weighted by Crippen LogP contribution is -2.28. The smallest absolute Gasteiger partial charge is 0.125 e. The molecule has 0 saturated heterocycles. The molecule has 1 saturated carbocycles. The van der Waals surface area contributed by atoms with Crippen LogP contribution in [0.2, 0.25) is 0 Å². The highest BCUT2D eigenvalue weighted by molar-refractivity contribution is 5.54. The van der Waals surface area contributed by atoms with Crippen LogP contribution in [0, 0.1) is 5.92 Å². The fourth-order valence-electron chi connectivity index (χ4n) is 1.70. The number of ether oxygens (including phenoxy) is 1. The highest BCUT2D eigenvalue weighted by Crippen LogP contribution is 2.24. The third-order valence-corrected chi connectivity index (χ3v) is 2.31. The van der Waals surface area contributed by atoms with E-state index in [1.807, 2.05) is 6.92 Å². The van der Waals surface area contributed by atoms with Crippen LogP contribution in [0.3, 0.4) is 0 Å². The maximum Gasteiger partial charge on any atom is 0.125 e. The van der Waals surface area contributed by atoms with Gasteiger partial charge in [-0.15, -0.1) is 0 Å². The Morgan fingerprint density at radius 2 is 2.18 bits per heavy atom. The molecule has 0 aliphatic heterocycles. The predicted octanol–water partition coefficient (Wildman–Crippen LogP) is 1.78. The van der Waals surface area contributed by atoms with Gasteiger partial charge in [0.2, 0.25) is 0 Å². The standard InChI is InChI=1S/C9H16O2/c1-2-11-9-6-4-3-5-8(9)7-10/h7-9H,2-6H2,1H3. The Labute approximate surface area is 67.9 Å². The monoisotopic (exact) mass is 156 g/mol. The molecule has 1 rings (SSSR count). The highest BCUT2D eigenvalue weighted by Gasteiger charge is 2.24. The molecule has 11 heavy (non-hydrogen) atoms. The fourth-order valence-corrected chi connectivity index (χ4v) is 1.70. The van der Waals surface area contributed by atoms with Gasteiger partial charge < -0.3 is 9.53 Å². The SMILES string of the molecule is CCOC1CCCCC1C=O. The molecule has 2 unspecified atom stereocenters. The van der Waals surface area contributed by atoms with Crippen molar-refractivity contribution < 1.29 is 9.53 Å². The van der Waals surface area contributed by atoms with E-state index in [9.17, 15) is 4.79 Å². The Balaban J connectivity index is 2.37. The molecule has 1 aliphatic carbocycles. The van der Waals surface area contributed by atoms with Gasteiger partial charge in [-0.1, -0.05) is 12.8 Å². The van der Waals surface area contributed by atoms with E-state index in [-0.39, 0.29) is 12.0 Å². The molecule has 0 heterocycles. The molecule has 0 spiro atoms. The second-order valence-corrected chi connectivity index (χ2v) is 3.08. The summed E-state index contributed by atoms with van der Waals surface area (Å²) >= 11 is 0. The first-order valence-electron chi connectivity index (χ1n) is 4.45. The first kappa shape index (κ1) is 8.72. The molecule has 0 N–H and O–H groups in total. The molecule has 1 fully saturated rings. The van der Waals surface area contributed by atoms with Crippen LogP contribution in [0.25, 0.3) is 0 Å². The molecular formula is C9H16O2. The summed E-state index contributed by atoms with van der Waals surface area (Å²) in [6, 6.07) is 0. The van der Waals surface area contributed by atoms with Gasteiger partial charge in [0.25, 0.3) is 0 Å². The van der Waals surface area contributed by atoms with Crippen LogP contribution in [0.5, 0.6) is 0 Å². The summed E-state index contributed by atoms with van der Waals surface area (Å²) < 4.78 is 5.46. The van der Waals surface area contributed by atoms with Crippen LogP contribution >= 0.6 is 0 Å². The Kier molecular flexibility index (Phi) is 3.57. The van der Waals surface area contributed by atoms with Gasteiger partial charge >= 0.3 is 0 Å². The second-order valence-electron chi connectivity index (χ2n) is 3.08. The molecule has 0 aromatic rings. The summed E-state index contributed by atoms with van der Waals surface area (Å²) in [6.45, 7) is 2.71. The average molecular weight is 156 g/mol. The largest absolute Gasteiger partial charge is 0.378 e. The van der Waals surface area contributed by atoms with Crippen molar-refractivity contribution in [2.75, 3.05) is 6.61 Å². The minimum absolute atomic E-state index is 0.170. The van der Waals surface area contributed by atoms with Crippen molar-refractivity contribution >= 4 is 6.29 Å². The average Bonchev–Trinajstić information content (AvgIpc) is 2.06. The van der Waals surface area contributed by atoms with Crippen LogP contribution in [-0.4, -0.2) is 19.0 Å². The van der Waals surface area contributed by atoms with Gasteiger partial charge in [0.1, 0.15) is 6.29 Å². The van der Waals surface area contributed by atoms with E-state index in [2.05, 4.69) is 0 Å². The Bertz CT molecular complexity index is 121. The van der Waals surface area contributed by atoms with Crippen molar-refractivity contribution in [2.24, 2.45) is 5.92 Å². The van der Waals surface area contributed by atoms with Gasteiger partial charge in [-0.2, -0.15) is 0 Å². The Hall–Kier alpha value is -0.370. The van der Waals surface area contributed by atoms with E-state index in [0.29, 0.717) is 0 Å². The van der Waals surface area contributed by atoms with Crippen LogP contribution in [0.4, 0.5) is 0 Å². The van der Waals surface area contributed by atoms with E-state index in [1.165, 1.54) is 12.8 Å². The molecule has 64 valence electrons. The third-order valence-electron chi connectivity index (χ3n) is 2.31. The molecule has 0 radical (unpaired) electrons. The summed E-state index contributed by atoms with van der Waals surface area (Å²) in [7, 11) is 0. The van der Waals surface area contributed by atoms with Gasteiger partial charge in [0.05, 0.1) is 6.10 Å². The summed E-state index contributed by atoms with van der Waals surface area (Å²) in [5, 5.41) is 0. The second kappa shape index (κ2) is 4.50. The first-order chi connectivity index (χ1) is 5.38. The molecule has 0 amide bonds. The Morgan fingerprint density at radius 3 is 2.82 bits per heavy atom. The number of carbonyl (C=O) groups excluding carboxylic acids is 1. The van der Waals surface area contributed by atoms with Crippen molar-refractivity contribution in [2.45, 2.75) is 38.7 Å². The minimum atomic E-state index is 0.170. The maximum atomic E-state index is 10.6. The van der Waals surface area contributed by atoms with Crippen LogP contribution in [0.1, 0.15) is 32.6 Å². The maximum absolute atomic E-state index is 10.6. The lowest BCUT2D eigenvalue weighted by atomic mass is 9.87. The molecular weight excluding hydrogens is 140 g/mol. The van der Waals surface area contributed by atoms with Gasteiger partial charge in [0, 0.05) is 12.5 Å². The molecule has 0 bridgehead atoms. The molecule has 2 heteroatoms. The molecule has 2 atom stereocenters. The van der Waals surface area contributed by atoms with E-state index in [1.54, 1.807) is 0 Å². The van der Waals surface area contributed by atoms with Crippen molar-refractivity contribution in [1.29, 1.82) is 0 Å². The quantitative estimate of drug-likeness (QED) is 0.582. The van der Waals surface area contributed by atoms with Crippen molar-refractivity contribution in [3.8, 4) is 0 Å². The topological polar surface area (TPSA) is 26.3 Å². The first-order valence-corrected chi connectivity index (χ1v) is 4.45. The number of hydrogen-bond donors (Lipinski definition) is 0. The summed E-state index contributed by atoms with van der Waals surface area (Å²) in [5.74, 6) is 0.170. The summed E-state index contributed by atoms with van der Waals surface area (Å²) in [6.07, 6.45) is 5.76. The van der Waals surface area contributed by atoms with Crippen LogP contribution in [0.15, 0.2) is 0 Å². The van der Waals surface area contributed by atoms with Gasteiger partial charge in [-0.25, -0.2) is 0 Å². The van der Waals surface area contributed by atoms with Gasteiger partial charge in [-0.3, -0.25) is 0 Å². The molecule has 0 aromatic carbocycles. The molecule has 0 aromatic heterocycles. The summed E-state index contributed by atoms with van der Waals surface area (Å²) in [4.78, 5) is 10.6. The number of carbonyl (C=O) groups is 1. The number of rotatable bonds is 3. The number of aldehydes is 1. The van der Waals surface area contributed by atoms with Crippen molar-refractivity contribution in [3.05, 3.63) is 0 Å². The van der Waals surface area contributed by atoms with E-state index in [4.69, 9.17) is 4.74 Å². The van der Waals surface area contributed by atoms with Crippen molar-refractivity contribution in [1.82, 2.24) is 0 Å². The van der Waals surface area contributed by atoms with Crippen LogP contribution in [-0.2, 0) is 9.53 Å². The minimum Gasteiger partial charge on any atom is -0.378 e. The van der Waals surface area contributed by atoms with Crippen LogP contribution < -0.4 is 0 Å². The van der Waals surface area contributed by atoms with Gasteiger partial charge in [0.15, 0.2) is 0 Å². The molecule has 1 aliphatic rings. The molecule has 2 nitrogen and oxygen atoms in total. The third kappa shape index (κ3) is 2.29. The normalized spacial score (nSPS) is 31.7. The lowest BCUT2D eigenvalue weighted by Gasteiger charge is -2.27. The number of hydrogen-bond acceptors (Lipinski definition) is 2. The zero-order valence-electron chi connectivity index (χ0n) is 7.08. The zero-order valence-corrected chi connectivity index (χ0v) is 7.08. The van der Waals surface area contributed by atoms with E-state index < -0.39 is 0 Å². The highest BCUT2D eigenvalue weighted by atomic mass is 16.5. The zero-order chi connectivity index (χ0) is 8.10. The van der Waals surface area contributed by atoms with E-state index >= 15 is 0 Å². The Morgan fingerprint density at radius 1 is 1.45 bits per heavy atom. The van der Waals surface area contributed by atoms with Crippen molar-refractivity contribution in [3.63, 3.8) is 0 Å². The van der Waals surface area contributed by atoms with E-state index in [0.717, 1.165) is 25.7 Å². The lowest BCUT2D eigenvalue weighted by molar-refractivity contribution is -0.117. The fraction of sp³-hybridized carbons (Fsp3) is 0.889.